The van der Waals surface area contributed by atoms with E-state index in [2.05, 4.69) is 45.5 Å². The van der Waals surface area contributed by atoms with E-state index in [0.717, 1.165) is 43.0 Å². The maximum Gasteiger partial charge on any atom is 0.275 e. The van der Waals surface area contributed by atoms with Gasteiger partial charge in [0.2, 0.25) is 0 Å². The minimum atomic E-state index is -0.155. The Bertz CT molecular complexity index is 1480. The first-order valence-electron chi connectivity index (χ1n) is 12.2. The molecule has 5 rings (SSSR count). The summed E-state index contributed by atoms with van der Waals surface area (Å²) in [7, 11) is 1.85. The Morgan fingerprint density at radius 3 is 2.75 bits per heavy atom. The maximum absolute atomic E-state index is 13.5. The van der Waals surface area contributed by atoms with E-state index in [0.29, 0.717) is 23.0 Å². The Balaban J connectivity index is 1.32. The number of aromatic amines is 1. The van der Waals surface area contributed by atoms with Crippen molar-refractivity contribution in [1.29, 1.82) is 0 Å². The number of allylic oxidation sites excluding steroid dienone is 1. The van der Waals surface area contributed by atoms with Gasteiger partial charge < -0.3 is 19.4 Å². The lowest BCUT2D eigenvalue weighted by molar-refractivity contribution is 0.0710. The highest BCUT2D eigenvalue weighted by atomic mass is 16.2. The average molecular weight is 483 g/mol. The van der Waals surface area contributed by atoms with Gasteiger partial charge in [-0.05, 0) is 31.4 Å². The molecule has 0 saturated carbocycles. The molecule has 0 aliphatic carbocycles. The topological polar surface area (TPSA) is 87.1 Å². The summed E-state index contributed by atoms with van der Waals surface area (Å²) in [5, 5.41) is 0.652. The van der Waals surface area contributed by atoms with Crippen LogP contribution in [0.25, 0.3) is 22.2 Å². The Hall–Kier alpha value is -4.20. The number of carbonyl (C=O) groups excluding carboxylic acids is 1. The van der Waals surface area contributed by atoms with Gasteiger partial charge in [0.25, 0.3) is 11.5 Å². The van der Waals surface area contributed by atoms with E-state index in [9.17, 15) is 9.59 Å². The Morgan fingerprint density at radius 1 is 1.22 bits per heavy atom. The number of hydrogen-bond donors (Lipinski definition) is 1. The van der Waals surface area contributed by atoms with Crippen LogP contribution < -0.4 is 10.5 Å². The summed E-state index contributed by atoms with van der Waals surface area (Å²) in [4.78, 5) is 42.3. The summed E-state index contributed by atoms with van der Waals surface area (Å²) in [6.07, 6.45) is 8.29. The van der Waals surface area contributed by atoms with Crippen LogP contribution >= 0.6 is 0 Å². The first-order valence-corrected chi connectivity index (χ1v) is 12.2. The predicted octanol–water partition coefficient (Wildman–Crippen LogP) is 4.02. The summed E-state index contributed by atoms with van der Waals surface area (Å²) in [5.74, 6) is 0.820. The molecule has 1 saturated heterocycles. The summed E-state index contributed by atoms with van der Waals surface area (Å²) >= 11 is 0. The average Bonchev–Trinajstić information content (AvgIpc) is 3.41. The number of nitrogens with one attached hydrogen (secondary N) is 1. The highest BCUT2D eigenvalue weighted by molar-refractivity contribution is 6.06. The lowest BCUT2D eigenvalue weighted by Crippen LogP contribution is -2.46. The number of aromatic nitrogens is 4. The van der Waals surface area contributed by atoms with Gasteiger partial charge in [-0.2, -0.15) is 0 Å². The highest BCUT2D eigenvalue weighted by Crippen LogP contribution is 2.27. The highest BCUT2D eigenvalue weighted by Gasteiger charge is 2.28. The third-order valence-electron chi connectivity index (χ3n) is 7.08. The molecule has 1 aliphatic heterocycles. The second-order valence-corrected chi connectivity index (χ2v) is 9.27. The predicted molar refractivity (Wildman–Crippen MR) is 142 cm³/mol. The standard InChI is InChI=1S/C28H30N6O2/c1-4-13-34-17-23(22-9-12-29-26(22)28(34)36)27(35)32(3)20-10-14-33(15-11-20)25-16-24(30-18-31-25)21-8-6-5-7-19(21)2/h4-9,12,16-18,20,29H,1,10-11,13-15H2,2-3H3. The van der Waals surface area contributed by atoms with Crippen LogP contribution in [0.4, 0.5) is 5.82 Å². The van der Waals surface area contributed by atoms with Crippen LogP contribution in [0, 0.1) is 6.92 Å². The van der Waals surface area contributed by atoms with Gasteiger partial charge in [-0.3, -0.25) is 9.59 Å². The number of fused-ring (bicyclic) bond motifs is 1. The molecule has 4 aromatic rings. The number of nitrogens with zero attached hydrogens (tertiary/aromatic N) is 5. The SMILES string of the molecule is C=CCn1cc(C(=O)N(C)C2CCN(c3cc(-c4ccccc4C)ncn3)CC2)c2cc[nH]c2c1=O. The molecule has 1 N–H and O–H groups in total. The number of hydrogen-bond acceptors (Lipinski definition) is 5. The van der Waals surface area contributed by atoms with Gasteiger partial charge in [0.15, 0.2) is 0 Å². The van der Waals surface area contributed by atoms with Crippen molar-refractivity contribution in [1.82, 2.24) is 24.4 Å². The number of carbonyl (C=O) groups is 1. The number of piperidine rings is 1. The molecule has 8 nitrogen and oxygen atoms in total. The van der Waals surface area contributed by atoms with E-state index in [4.69, 9.17) is 0 Å². The molecule has 0 spiro atoms. The van der Waals surface area contributed by atoms with Gasteiger partial charge in [-0.15, -0.1) is 6.58 Å². The van der Waals surface area contributed by atoms with E-state index < -0.39 is 0 Å². The Kier molecular flexibility index (Phi) is 6.41. The van der Waals surface area contributed by atoms with E-state index >= 15 is 0 Å². The molecule has 0 radical (unpaired) electrons. The van der Waals surface area contributed by atoms with Crippen LogP contribution in [0.2, 0.25) is 0 Å². The van der Waals surface area contributed by atoms with Crippen LogP contribution in [0.15, 0.2) is 72.6 Å². The molecule has 1 aromatic carbocycles. The molecule has 36 heavy (non-hydrogen) atoms. The number of H-pyrrole nitrogens is 1. The molecule has 4 heterocycles. The van der Waals surface area contributed by atoms with Crippen molar-refractivity contribution in [2.45, 2.75) is 32.4 Å². The molecular weight excluding hydrogens is 452 g/mol. The Labute approximate surface area is 209 Å². The van der Waals surface area contributed by atoms with Crippen molar-refractivity contribution < 1.29 is 4.79 Å². The molecule has 1 fully saturated rings. The molecule has 0 atom stereocenters. The first kappa shape index (κ1) is 23.5. The van der Waals surface area contributed by atoms with Crippen LogP contribution in [-0.4, -0.2) is 56.5 Å². The zero-order chi connectivity index (χ0) is 25.2. The van der Waals surface area contributed by atoms with E-state index in [-0.39, 0.29) is 17.5 Å². The van der Waals surface area contributed by atoms with Crippen molar-refractivity contribution >= 4 is 22.6 Å². The zero-order valence-corrected chi connectivity index (χ0v) is 20.6. The van der Waals surface area contributed by atoms with Gasteiger partial charge in [0.05, 0.1) is 11.3 Å². The molecule has 1 amide bonds. The van der Waals surface area contributed by atoms with E-state index in [1.807, 2.05) is 30.1 Å². The lowest BCUT2D eigenvalue weighted by atomic mass is 10.0. The fourth-order valence-electron chi connectivity index (χ4n) is 5.01. The minimum Gasteiger partial charge on any atom is -0.357 e. The quantitative estimate of drug-likeness (QED) is 0.420. The molecular formula is C28H30N6O2. The number of rotatable bonds is 6. The third kappa shape index (κ3) is 4.30. The van der Waals surface area contributed by atoms with Gasteiger partial charge in [-0.25, -0.2) is 9.97 Å². The van der Waals surface area contributed by atoms with E-state index in [1.165, 1.54) is 10.1 Å². The first-order chi connectivity index (χ1) is 17.5. The summed E-state index contributed by atoms with van der Waals surface area (Å²) in [6, 6.07) is 12.1. The van der Waals surface area contributed by atoms with Crippen LogP contribution in [0.1, 0.15) is 28.8 Å². The van der Waals surface area contributed by atoms with Crippen LogP contribution in [0.5, 0.6) is 0 Å². The van der Waals surface area contributed by atoms with Crippen LogP contribution in [0.3, 0.4) is 0 Å². The lowest BCUT2D eigenvalue weighted by Gasteiger charge is -2.37. The summed E-state index contributed by atoms with van der Waals surface area (Å²) in [6.45, 7) is 7.75. The van der Waals surface area contributed by atoms with Crippen molar-refractivity contribution in [3.05, 3.63) is 89.3 Å². The molecule has 8 heteroatoms. The largest absolute Gasteiger partial charge is 0.357 e. The molecule has 3 aromatic heterocycles. The number of anilines is 1. The van der Waals surface area contributed by atoms with E-state index in [1.54, 1.807) is 30.9 Å². The van der Waals surface area contributed by atoms with Gasteiger partial charge in [0.1, 0.15) is 17.7 Å². The number of aryl methyl sites for hydroxylation is 1. The van der Waals surface area contributed by atoms with Crippen molar-refractivity contribution in [3.63, 3.8) is 0 Å². The summed E-state index contributed by atoms with van der Waals surface area (Å²) < 4.78 is 1.52. The number of benzene rings is 1. The normalized spacial score (nSPS) is 14.2. The number of pyridine rings is 1. The van der Waals surface area contributed by atoms with Crippen molar-refractivity contribution in [3.8, 4) is 11.3 Å². The molecule has 0 unspecified atom stereocenters. The molecule has 1 aliphatic rings. The summed E-state index contributed by atoms with van der Waals surface area (Å²) in [5.41, 5.74) is 4.01. The van der Waals surface area contributed by atoms with Gasteiger partial charge in [-0.1, -0.05) is 30.3 Å². The minimum absolute atomic E-state index is 0.0836. The monoisotopic (exact) mass is 482 g/mol. The second kappa shape index (κ2) is 9.81. The number of amides is 1. The third-order valence-corrected chi connectivity index (χ3v) is 7.08. The molecule has 0 bridgehead atoms. The van der Waals surface area contributed by atoms with Crippen molar-refractivity contribution in [2.24, 2.45) is 0 Å². The zero-order valence-electron chi connectivity index (χ0n) is 20.6. The smallest absolute Gasteiger partial charge is 0.275 e. The maximum atomic E-state index is 13.5. The van der Waals surface area contributed by atoms with Gasteiger partial charge >= 0.3 is 0 Å². The fraction of sp³-hybridized carbons (Fsp3) is 0.286. The molecule has 184 valence electrons. The Morgan fingerprint density at radius 2 is 2.00 bits per heavy atom. The fourth-order valence-corrected chi connectivity index (χ4v) is 5.01. The van der Waals surface area contributed by atoms with Crippen molar-refractivity contribution in [2.75, 3.05) is 25.0 Å². The van der Waals surface area contributed by atoms with Crippen LogP contribution in [-0.2, 0) is 6.54 Å². The van der Waals surface area contributed by atoms with Gasteiger partial charge in [0, 0.05) is 62.1 Å². The second-order valence-electron chi connectivity index (χ2n) is 9.27.